The minimum absolute atomic E-state index is 0.172. The van der Waals surface area contributed by atoms with Crippen molar-refractivity contribution >= 4 is 29.2 Å². The maximum Gasteiger partial charge on any atom is 0.260 e. The van der Waals surface area contributed by atoms with E-state index in [1.54, 1.807) is 25.1 Å². The van der Waals surface area contributed by atoms with Crippen LogP contribution in [0.25, 0.3) is 0 Å². The minimum Gasteiger partial charge on any atom is -0.363 e. The van der Waals surface area contributed by atoms with Gasteiger partial charge >= 0.3 is 0 Å². The number of rotatable bonds is 4. The monoisotopic (exact) mass is 284 g/mol. The summed E-state index contributed by atoms with van der Waals surface area (Å²) in [6.45, 7) is 1.71. The number of carbonyl (C=O) groups excluding carboxylic acids is 2. The number of imide groups is 1. The van der Waals surface area contributed by atoms with Crippen LogP contribution in [0, 0.1) is 0 Å². The van der Waals surface area contributed by atoms with Crippen LogP contribution in [0.15, 0.2) is 12.1 Å². The van der Waals surface area contributed by atoms with Gasteiger partial charge in [0.05, 0.1) is 0 Å². The van der Waals surface area contributed by atoms with Crippen LogP contribution < -0.4 is 10.6 Å². The predicted octanol–water partition coefficient (Wildman–Crippen LogP) is 0.748. The average Bonchev–Trinajstić information content (AvgIpc) is 2.33. The lowest BCUT2D eigenvalue weighted by atomic mass is 10.2. The van der Waals surface area contributed by atoms with Crippen molar-refractivity contribution in [3.8, 4) is 0 Å². The van der Waals surface area contributed by atoms with Gasteiger partial charge in [-0.1, -0.05) is 11.6 Å². The fourth-order valence-corrected chi connectivity index (χ4v) is 1.73. The highest BCUT2D eigenvalue weighted by Gasteiger charge is 2.20. The third kappa shape index (κ3) is 3.90. The van der Waals surface area contributed by atoms with Crippen LogP contribution in [0.3, 0.4) is 0 Å². The summed E-state index contributed by atoms with van der Waals surface area (Å²) in [6.07, 6.45) is 0. The topological polar surface area (TPSA) is 79.5 Å². The van der Waals surface area contributed by atoms with Crippen LogP contribution in [-0.4, -0.2) is 48.9 Å². The molecule has 0 aliphatic heterocycles. The Balaban J connectivity index is 3.13. The van der Waals surface area contributed by atoms with E-state index in [-0.39, 0.29) is 24.1 Å². The third-order valence-electron chi connectivity index (χ3n) is 2.46. The van der Waals surface area contributed by atoms with Gasteiger partial charge in [0.25, 0.3) is 5.91 Å². The molecular formula is C12H17ClN4O2. The fraction of sp³-hybridized carbons (Fsp3) is 0.417. The maximum absolute atomic E-state index is 12.2. The SMILES string of the molecule is CC(=O)N(CCN)C(=O)c1cc(Cl)nc(N(C)C)c1. The Labute approximate surface area is 117 Å². The molecule has 1 rings (SSSR count). The zero-order chi connectivity index (χ0) is 14.6. The number of halogens is 1. The summed E-state index contributed by atoms with van der Waals surface area (Å²) < 4.78 is 0. The number of nitrogens with zero attached hydrogens (tertiary/aromatic N) is 3. The Morgan fingerprint density at radius 1 is 1.37 bits per heavy atom. The van der Waals surface area contributed by atoms with Gasteiger partial charge in [-0.25, -0.2) is 4.98 Å². The summed E-state index contributed by atoms with van der Waals surface area (Å²) in [5, 5.41) is 0.200. The van der Waals surface area contributed by atoms with Crippen LogP contribution in [-0.2, 0) is 4.79 Å². The summed E-state index contributed by atoms with van der Waals surface area (Å²) >= 11 is 5.88. The van der Waals surface area contributed by atoms with Crippen LogP contribution in [0.1, 0.15) is 17.3 Å². The third-order valence-corrected chi connectivity index (χ3v) is 2.66. The lowest BCUT2D eigenvalue weighted by molar-refractivity contribution is -0.126. The van der Waals surface area contributed by atoms with E-state index in [9.17, 15) is 9.59 Å². The van der Waals surface area contributed by atoms with E-state index in [0.29, 0.717) is 11.4 Å². The van der Waals surface area contributed by atoms with Gasteiger partial charge in [-0.05, 0) is 12.1 Å². The van der Waals surface area contributed by atoms with Crippen LogP contribution in [0.2, 0.25) is 5.15 Å². The standard InChI is InChI=1S/C12H17ClN4O2/c1-8(18)17(5-4-14)12(19)9-6-10(13)15-11(7-9)16(2)3/h6-7H,4-5,14H2,1-3H3. The highest BCUT2D eigenvalue weighted by atomic mass is 35.5. The maximum atomic E-state index is 12.2. The Morgan fingerprint density at radius 2 is 2.00 bits per heavy atom. The van der Waals surface area contributed by atoms with Crippen molar-refractivity contribution in [2.24, 2.45) is 5.73 Å². The van der Waals surface area contributed by atoms with E-state index in [1.165, 1.54) is 13.0 Å². The molecule has 0 unspecified atom stereocenters. The molecule has 7 heteroatoms. The zero-order valence-electron chi connectivity index (χ0n) is 11.2. The molecule has 0 fully saturated rings. The molecule has 0 aliphatic rings. The fourth-order valence-electron chi connectivity index (χ4n) is 1.52. The lowest BCUT2D eigenvalue weighted by Gasteiger charge is -2.19. The number of nitrogens with two attached hydrogens (primary N) is 1. The van der Waals surface area contributed by atoms with Crippen LogP contribution in [0.4, 0.5) is 5.82 Å². The molecule has 6 nitrogen and oxygen atoms in total. The molecule has 2 amide bonds. The molecule has 0 saturated carbocycles. The lowest BCUT2D eigenvalue weighted by Crippen LogP contribution is -2.39. The Hall–Kier alpha value is -1.66. The molecule has 0 radical (unpaired) electrons. The van der Waals surface area contributed by atoms with Gasteiger partial charge in [0, 0.05) is 39.7 Å². The zero-order valence-corrected chi connectivity index (χ0v) is 11.9. The molecule has 0 aliphatic carbocycles. The molecule has 0 saturated heterocycles. The van der Waals surface area contributed by atoms with Crippen molar-refractivity contribution < 1.29 is 9.59 Å². The molecular weight excluding hydrogens is 268 g/mol. The van der Waals surface area contributed by atoms with E-state index in [4.69, 9.17) is 17.3 Å². The number of anilines is 1. The second-order valence-corrected chi connectivity index (χ2v) is 4.58. The summed E-state index contributed by atoms with van der Waals surface area (Å²) in [4.78, 5) is 30.6. The van der Waals surface area contributed by atoms with Gasteiger partial charge in [0.1, 0.15) is 11.0 Å². The quantitative estimate of drug-likeness (QED) is 0.825. The van der Waals surface area contributed by atoms with Gasteiger partial charge in [-0.2, -0.15) is 0 Å². The number of carbonyl (C=O) groups is 2. The highest BCUT2D eigenvalue weighted by molar-refractivity contribution is 6.30. The molecule has 1 heterocycles. The summed E-state index contributed by atoms with van der Waals surface area (Å²) in [6, 6.07) is 3.02. The van der Waals surface area contributed by atoms with Crippen molar-refractivity contribution in [2.45, 2.75) is 6.92 Å². The number of pyridine rings is 1. The molecule has 0 aromatic carbocycles. The van der Waals surface area contributed by atoms with Gasteiger partial charge < -0.3 is 10.6 Å². The summed E-state index contributed by atoms with van der Waals surface area (Å²) in [5.41, 5.74) is 5.71. The van der Waals surface area contributed by atoms with Crippen molar-refractivity contribution in [1.82, 2.24) is 9.88 Å². The highest BCUT2D eigenvalue weighted by Crippen LogP contribution is 2.18. The first-order valence-electron chi connectivity index (χ1n) is 5.74. The van der Waals surface area contributed by atoms with E-state index in [0.717, 1.165) is 4.90 Å². The minimum atomic E-state index is -0.426. The normalized spacial score (nSPS) is 10.2. The number of amides is 2. The van der Waals surface area contributed by atoms with Crippen molar-refractivity contribution in [1.29, 1.82) is 0 Å². The molecule has 2 N–H and O–H groups in total. The van der Waals surface area contributed by atoms with Crippen molar-refractivity contribution in [3.05, 3.63) is 22.8 Å². The van der Waals surface area contributed by atoms with E-state index >= 15 is 0 Å². The average molecular weight is 285 g/mol. The Kier molecular flexibility index (Phi) is 5.26. The molecule has 0 bridgehead atoms. The first-order valence-corrected chi connectivity index (χ1v) is 6.12. The first kappa shape index (κ1) is 15.4. The van der Waals surface area contributed by atoms with Crippen molar-refractivity contribution in [2.75, 3.05) is 32.1 Å². The molecule has 0 spiro atoms. The summed E-state index contributed by atoms with van der Waals surface area (Å²) in [7, 11) is 3.57. The van der Waals surface area contributed by atoms with Gasteiger partial charge in [-0.15, -0.1) is 0 Å². The van der Waals surface area contributed by atoms with Gasteiger partial charge in [-0.3, -0.25) is 14.5 Å². The molecule has 1 aromatic rings. The molecule has 104 valence electrons. The van der Waals surface area contributed by atoms with Gasteiger partial charge in [0.2, 0.25) is 5.91 Å². The Bertz CT molecular complexity index is 491. The first-order chi connectivity index (χ1) is 8.86. The summed E-state index contributed by atoms with van der Waals surface area (Å²) in [5.74, 6) is -0.229. The molecule has 1 aromatic heterocycles. The van der Waals surface area contributed by atoms with Crippen LogP contribution in [0.5, 0.6) is 0 Å². The molecule has 0 atom stereocenters. The number of aromatic nitrogens is 1. The predicted molar refractivity (Wildman–Crippen MR) is 74.3 cm³/mol. The second kappa shape index (κ2) is 6.49. The number of hydrogen-bond acceptors (Lipinski definition) is 5. The largest absolute Gasteiger partial charge is 0.363 e. The van der Waals surface area contributed by atoms with E-state index < -0.39 is 5.91 Å². The van der Waals surface area contributed by atoms with E-state index in [1.807, 2.05) is 0 Å². The Morgan fingerprint density at radius 3 is 2.47 bits per heavy atom. The smallest absolute Gasteiger partial charge is 0.260 e. The number of hydrogen-bond donors (Lipinski definition) is 1. The van der Waals surface area contributed by atoms with Gasteiger partial charge in [0.15, 0.2) is 0 Å². The van der Waals surface area contributed by atoms with E-state index in [2.05, 4.69) is 4.98 Å². The second-order valence-electron chi connectivity index (χ2n) is 4.20. The van der Waals surface area contributed by atoms with Crippen LogP contribution >= 0.6 is 11.6 Å². The van der Waals surface area contributed by atoms with Crippen molar-refractivity contribution in [3.63, 3.8) is 0 Å². The molecule has 19 heavy (non-hydrogen) atoms.